The molecule has 1 aliphatic heterocycles. The summed E-state index contributed by atoms with van der Waals surface area (Å²) >= 11 is 0. The normalized spacial score (nSPS) is 13.6. The fourth-order valence-corrected chi connectivity index (χ4v) is 2.74. The molecular formula is C18H17N3O4. The molecule has 1 saturated heterocycles. The summed E-state index contributed by atoms with van der Waals surface area (Å²) in [6, 6.07) is 8.96. The van der Waals surface area contributed by atoms with Crippen LogP contribution in [0, 0.1) is 12.3 Å². The van der Waals surface area contributed by atoms with Crippen LogP contribution in [0.2, 0.25) is 0 Å². The molecule has 2 aromatic rings. The Labute approximate surface area is 145 Å². The first kappa shape index (κ1) is 16.6. The van der Waals surface area contributed by atoms with E-state index in [0.717, 1.165) is 5.39 Å². The number of para-hydroxylation sites is 1. The number of amides is 2. The zero-order chi connectivity index (χ0) is 17.8. The van der Waals surface area contributed by atoms with Crippen LogP contribution < -0.4 is 4.74 Å². The van der Waals surface area contributed by atoms with Crippen LogP contribution in [0.15, 0.2) is 30.3 Å². The van der Waals surface area contributed by atoms with Crippen LogP contribution in [-0.2, 0) is 4.74 Å². The molecule has 2 heterocycles. The highest BCUT2D eigenvalue weighted by Gasteiger charge is 2.33. The Bertz CT molecular complexity index is 859. The maximum atomic E-state index is 12.9. The number of methoxy groups -OCH3 is 1. The molecule has 1 fully saturated rings. The van der Waals surface area contributed by atoms with E-state index in [-0.39, 0.29) is 18.2 Å². The van der Waals surface area contributed by atoms with E-state index < -0.39 is 6.09 Å². The number of fused-ring (bicyclic) bond motifs is 1. The summed E-state index contributed by atoms with van der Waals surface area (Å²) in [5, 5.41) is 3.39. The maximum Gasteiger partial charge on any atom is 0.429 e. The van der Waals surface area contributed by atoms with Gasteiger partial charge in [-0.1, -0.05) is 18.1 Å². The number of terminal acetylenes is 1. The number of hydrogen-bond acceptors (Lipinski definition) is 5. The molecule has 1 aromatic heterocycles. The van der Waals surface area contributed by atoms with Crippen molar-refractivity contribution in [3.63, 3.8) is 0 Å². The number of carbonyl (C=O) groups is 2. The number of nitrogens with zero attached hydrogens (tertiary/aromatic N) is 3. The Balaban J connectivity index is 1.91. The topological polar surface area (TPSA) is 72.0 Å². The number of hydrazine groups is 1. The Morgan fingerprint density at radius 3 is 2.80 bits per heavy atom. The van der Waals surface area contributed by atoms with Gasteiger partial charge < -0.3 is 9.47 Å². The highest BCUT2D eigenvalue weighted by atomic mass is 16.6. The fourth-order valence-electron chi connectivity index (χ4n) is 2.74. The summed E-state index contributed by atoms with van der Waals surface area (Å²) in [4.78, 5) is 29.3. The second-order valence-electron chi connectivity index (χ2n) is 5.39. The summed E-state index contributed by atoms with van der Waals surface area (Å²) in [5.74, 6) is 2.39. The molecule has 7 heteroatoms. The number of hydrogen-bond donors (Lipinski definition) is 0. The van der Waals surface area contributed by atoms with Gasteiger partial charge in [-0.05, 0) is 18.6 Å². The molecule has 2 amide bonds. The minimum Gasteiger partial charge on any atom is -0.496 e. The predicted molar refractivity (Wildman–Crippen MR) is 90.8 cm³/mol. The highest BCUT2D eigenvalue weighted by Crippen LogP contribution is 2.26. The van der Waals surface area contributed by atoms with E-state index >= 15 is 0 Å². The molecule has 0 atom stereocenters. The van der Waals surface area contributed by atoms with Gasteiger partial charge in [-0.3, -0.25) is 4.79 Å². The van der Waals surface area contributed by atoms with Crippen molar-refractivity contribution in [3.05, 3.63) is 36.0 Å². The van der Waals surface area contributed by atoms with Gasteiger partial charge in [-0.25, -0.2) is 19.8 Å². The van der Waals surface area contributed by atoms with Gasteiger partial charge in [0, 0.05) is 24.5 Å². The second-order valence-corrected chi connectivity index (χ2v) is 5.39. The molecular weight excluding hydrogens is 322 g/mol. The molecule has 25 heavy (non-hydrogen) atoms. The Kier molecular flexibility index (Phi) is 4.70. The van der Waals surface area contributed by atoms with Crippen LogP contribution in [0.4, 0.5) is 4.79 Å². The van der Waals surface area contributed by atoms with Gasteiger partial charge in [-0.2, -0.15) is 0 Å². The third-order valence-corrected chi connectivity index (χ3v) is 3.87. The Morgan fingerprint density at radius 2 is 2.04 bits per heavy atom. The predicted octanol–water partition coefficient (Wildman–Crippen LogP) is 2.08. The number of pyridine rings is 1. The van der Waals surface area contributed by atoms with Gasteiger partial charge >= 0.3 is 6.09 Å². The van der Waals surface area contributed by atoms with E-state index in [0.29, 0.717) is 30.8 Å². The van der Waals surface area contributed by atoms with Crippen molar-refractivity contribution in [2.45, 2.75) is 6.42 Å². The molecule has 0 saturated carbocycles. The molecule has 1 aromatic carbocycles. The van der Waals surface area contributed by atoms with Crippen molar-refractivity contribution >= 4 is 22.9 Å². The second kappa shape index (κ2) is 7.09. The summed E-state index contributed by atoms with van der Waals surface area (Å²) in [5.41, 5.74) is 0.845. The van der Waals surface area contributed by atoms with Gasteiger partial charge in [0.1, 0.15) is 11.4 Å². The van der Waals surface area contributed by atoms with Crippen molar-refractivity contribution < 1.29 is 19.1 Å². The van der Waals surface area contributed by atoms with Crippen LogP contribution in [0.5, 0.6) is 5.75 Å². The average Bonchev–Trinajstić information content (AvgIpc) is 3.14. The van der Waals surface area contributed by atoms with Crippen molar-refractivity contribution in [2.75, 3.05) is 26.8 Å². The van der Waals surface area contributed by atoms with Crippen LogP contribution >= 0.6 is 0 Å². The van der Waals surface area contributed by atoms with Crippen molar-refractivity contribution in [2.24, 2.45) is 0 Å². The van der Waals surface area contributed by atoms with E-state index in [1.54, 1.807) is 12.1 Å². The molecule has 0 radical (unpaired) electrons. The minimum absolute atomic E-state index is 0.139. The first-order valence-corrected chi connectivity index (χ1v) is 7.79. The number of benzene rings is 1. The van der Waals surface area contributed by atoms with Crippen molar-refractivity contribution in [3.8, 4) is 18.1 Å². The quantitative estimate of drug-likeness (QED) is 0.801. The molecule has 0 spiro atoms. The largest absolute Gasteiger partial charge is 0.496 e. The third-order valence-electron chi connectivity index (χ3n) is 3.87. The van der Waals surface area contributed by atoms with Gasteiger partial charge in [0.15, 0.2) is 6.61 Å². The molecule has 128 valence electrons. The van der Waals surface area contributed by atoms with Crippen LogP contribution in [0.3, 0.4) is 0 Å². The lowest BCUT2D eigenvalue weighted by Gasteiger charge is -2.26. The van der Waals surface area contributed by atoms with Gasteiger partial charge in [0.25, 0.3) is 5.91 Å². The van der Waals surface area contributed by atoms with Crippen LogP contribution in [0.25, 0.3) is 10.9 Å². The zero-order valence-corrected chi connectivity index (χ0v) is 13.8. The Hall–Kier alpha value is -3.27. The molecule has 0 N–H and O–H groups in total. The molecule has 1 aliphatic rings. The number of ether oxygens (including phenoxy) is 2. The first-order valence-electron chi connectivity index (χ1n) is 7.79. The molecule has 7 nitrogen and oxygen atoms in total. The van der Waals surface area contributed by atoms with Crippen molar-refractivity contribution in [1.29, 1.82) is 0 Å². The minimum atomic E-state index is -0.642. The average molecular weight is 339 g/mol. The molecule has 0 unspecified atom stereocenters. The summed E-state index contributed by atoms with van der Waals surface area (Å²) in [7, 11) is 1.54. The van der Waals surface area contributed by atoms with E-state index in [9.17, 15) is 9.59 Å². The molecule has 3 rings (SSSR count). The monoisotopic (exact) mass is 339 g/mol. The van der Waals surface area contributed by atoms with E-state index in [2.05, 4.69) is 10.9 Å². The number of rotatable bonds is 3. The summed E-state index contributed by atoms with van der Waals surface area (Å²) in [6.45, 7) is 0.653. The highest BCUT2D eigenvalue weighted by molar-refractivity contribution is 5.97. The lowest BCUT2D eigenvalue weighted by Crippen LogP contribution is -2.45. The Morgan fingerprint density at radius 1 is 1.28 bits per heavy atom. The summed E-state index contributed by atoms with van der Waals surface area (Å²) in [6.07, 6.45) is 5.11. The first-order chi connectivity index (χ1) is 12.2. The summed E-state index contributed by atoms with van der Waals surface area (Å²) < 4.78 is 10.3. The SMILES string of the molecule is C#CCOC(=O)N1CCCN1C(=O)c1cc(OC)c2ccccc2n1. The van der Waals surface area contributed by atoms with E-state index in [1.165, 1.54) is 17.1 Å². The zero-order valence-electron chi connectivity index (χ0n) is 13.8. The van der Waals surface area contributed by atoms with Crippen LogP contribution in [-0.4, -0.2) is 53.8 Å². The standard InChI is InChI=1S/C18H17N3O4/c1-3-11-25-18(23)21-10-6-9-20(21)17(22)15-12-16(24-2)13-7-4-5-8-14(13)19-15/h1,4-5,7-8,12H,6,9-11H2,2H3. The van der Waals surface area contributed by atoms with Gasteiger partial charge in [0.05, 0.1) is 12.6 Å². The lowest BCUT2D eigenvalue weighted by molar-refractivity contribution is 0.0161. The van der Waals surface area contributed by atoms with Gasteiger partial charge in [-0.15, -0.1) is 6.42 Å². The number of aromatic nitrogens is 1. The molecule has 0 bridgehead atoms. The van der Waals surface area contributed by atoms with Gasteiger partial charge in [0.2, 0.25) is 0 Å². The van der Waals surface area contributed by atoms with E-state index in [4.69, 9.17) is 15.9 Å². The fraction of sp³-hybridized carbons (Fsp3) is 0.278. The molecule has 0 aliphatic carbocycles. The van der Waals surface area contributed by atoms with E-state index in [1.807, 2.05) is 18.2 Å². The lowest BCUT2D eigenvalue weighted by atomic mass is 10.1. The smallest absolute Gasteiger partial charge is 0.429 e. The number of carbonyl (C=O) groups excluding carboxylic acids is 2. The maximum absolute atomic E-state index is 12.9. The van der Waals surface area contributed by atoms with Crippen molar-refractivity contribution in [1.82, 2.24) is 15.0 Å². The van der Waals surface area contributed by atoms with Crippen LogP contribution in [0.1, 0.15) is 16.9 Å². The third kappa shape index (κ3) is 3.19.